The highest BCUT2D eigenvalue weighted by Gasteiger charge is 2.14. The molecule has 2 N–H and O–H groups in total. The Morgan fingerprint density at radius 1 is 1.30 bits per heavy atom. The maximum Gasteiger partial charge on any atom is 0.356 e. The van der Waals surface area contributed by atoms with E-state index >= 15 is 0 Å². The minimum Gasteiger partial charge on any atom is -0.476 e. The summed E-state index contributed by atoms with van der Waals surface area (Å²) in [4.78, 5) is 30.7. The van der Waals surface area contributed by atoms with Crippen LogP contribution >= 0.6 is 23.4 Å². The molecule has 0 aliphatic heterocycles. The highest BCUT2D eigenvalue weighted by molar-refractivity contribution is 7.99. The van der Waals surface area contributed by atoms with E-state index in [-0.39, 0.29) is 27.5 Å². The summed E-state index contributed by atoms with van der Waals surface area (Å²) in [5.41, 5.74) is 2.44. The molecule has 1 heterocycles. The topological polar surface area (TPSA) is 92.2 Å². The van der Waals surface area contributed by atoms with Crippen LogP contribution in [-0.4, -0.2) is 32.7 Å². The normalized spacial score (nSPS) is 10.4. The molecule has 0 radical (unpaired) electrons. The number of carboxylic acid groups (broad SMARTS) is 1. The van der Waals surface area contributed by atoms with Crippen LogP contribution in [0.25, 0.3) is 0 Å². The first-order valence-electron chi connectivity index (χ1n) is 6.63. The number of aromatic carboxylic acids is 1. The van der Waals surface area contributed by atoms with Gasteiger partial charge in [-0.25, -0.2) is 14.8 Å². The fourth-order valence-corrected chi connectivity index (χ4v) is 2.68. The fourth-order valence-electron chi connectivity index (χ4n) is 1.89. The van der Waals surface area contributed by atoms with Crippen molar-refractivity contribution in [2.75, 3.05) is 11.1 Å². The number of carbonyl (C=O) groups excluding carboxylic acids is 1. The molecule has 0 saturated carbocycles. The van der Waals surface area contributed by atoms with Crippen LogP contribution in [0.15, 0.2) is 29.6 Å². The number of nitrogens with one attached hydrogen (secondary N) is 1. The molecule has 0 bridgehead atoms. The van der Waals surface area contributed by atoms with Gasteiger partial charge in [-0.15, -0.1) is 0 Å². The number of carboxylic acids is 1. The van der Waals surface area contributed by atoms with Crippen LogP contribution in [0.2, 0.25) is 5.02 Å². The van der Waals surface area contributed by atoms with Crippen LogP contribution in [0.1, 0.15) is 21.6 Å². The Morgan fingerprint density at radius 3 is 2.57 bits per heavy atom. The first-order chi connectivity index (χ1) is 10.9. The minimum absolute atomic E-state index is 0.0400. The van der Waals surface area contributed by atoms with Crippen LogP contribution in [0.4, 0.5) is 5.69 Å². The molecule has 0 unspecified atom stereocenters. The Kier molecular flexibility index (Phi) is 5.57. The summed E-state index contributed by atoms with van der Waals surface area (Å²) in [7, 11) is 0. The largest absolute Gasteiger partial charge is 0.476 e. The molecule has 0 aliphatic rings. The quantitative estimate of drug-likeness (QED) is 0.635. The molecule has 0 saturated heterocycles. The smallest absolute Gasteiger partial charge is 0.356 e. The summed E-state index contributed by atoms with van der Waals surface area (Å²) in [5.74, 6) is -1.39. The fraction of sp³-hybridized carbons (Fsp3) is 0.200. The number of nitrogens with zero attached hydrogens (tertiary/aromatic N) is 2. The van der Waals surface area contributed by atoms with E-state index in [0.29, 0.717) is 0 Å². The van der Waals surface area contributed by atoms with Gasteiger partial charge in [0, 0.05) is 5.69 Å². The van der Waals surface area contributed by atoms with Crippen molar-refractivity contribution in [2.45, 2.75) is 19.0 Å². The summed E-state index contributed by atoms with van der Waals surface area (Å²) >= 11 is 6.75. The molecule has 0 aliphatic carbocycles. The number of carbonyl (C=O) groups is 2. The number of para-hydroxylation sites is 1. The van der Waals surface area contributed by atoms with Gasteiger partial charge in [-0.3, -0.25) is 4.79 Å². The second-order valence-corrected chi connectivity index (χ2v) is 6.11. The van der Waals surface area contributed by atoms with Crippen molar-refractivity contribution < 1.29 is 14.7 Å². The summed E-state index contributed by atoms with van der Waals surface area (Å²) in [6.45, 7) is 3.83. The zero-order valence-electron chi connectivity index (χ0n) is 12.5. The Balaban J connectivity index is 2.02. The lowest BCUT2D eigenvalue weighted by molar-refractivity contribution is -0.113. The van der Waals surface area contributed by atoms with Crippen molar-refractivity contribution in [3.05, 3.63) is 46.2 Å². The molecule has 1 amide bonds. The summed E-state index contributed by atoms with van der Waals surface area (Å²) in [6, 6.07) is 5.75. The van der Waals surface area contributed by atoms with E-state index in [9.17, 15) is 9.59 Å². The molecule has 6 nitrogen and oxygen atoms in total. The van der Waals surface area contributed by atoms with Gasteiger partial charge in [0.05, 0.1) is 17.0 Å². The number of benzene rings is 1. The molecule has 2 aromatic rings. The number of rotatable bonds is 5. The molecule has 0 atom stereocenters. The van der Waals surface area contributed by atoms with Gasteiger partial charge in [0.25, 0.3) is 0 Å². The first kappa shape index (κ1) is 17.2. The van der Waals surface area contributed by atoms with E-state index < -0.39 is 5.97 Å². The zero-order valence-corrected chi connectivity index (χ0v) is 14.0. The monoisotopic (exact) mass is 351 g/mol. The molecule has 8 heteroatoms. The van der Waals surface area contributed by atoms with Crippen LogP contribution in [0, 0.1) is 13.8 Å². The number of hydrogen-bond donors (Lipinski definition) is 2. The molecule has 1 aromatic carbocycles. The summed E-state index contributed by atoms with van der Waals surface area (Å²) in [6.07, 6.45) is 1.21. The maximum atomic E-state index is 12.0. The highest BCUT2D eigenvalue weighted by Crippen LogP contribution is 2.21. The standard InChI is InChI=1S/C15H14ClN3O3S/c1-8-4-3-5-9(2)12(8)18-11(20)7-23-15-17-6-10(16)13(19-15)14(21)22/h3-6H,7H2,1-2H3,(H,18,20)(H,21,22). The number of thioether (sulfide) groups is 1. The van der Waals surface area contributed by atoms with E-state index in [2.05, 4.69) is 15.3 Å². The number of anilines is 1. The maximum absolute atomic E-state index is 12.0. The van der Waals surface area contributed by atoms with E-state index in [1.807, 2.05) is 32.0 Å². The lowest BCUT2D eigenvalue weighted by Gasteiger charge is -2.11. The third kappa shape index (κ3) is 4.43. The highest BCUT2D eigenvalue weighted by atomic mass is 35.5. The molecule has 120 valence electrons. The molecular formula is C15H14ClN3O3S. The average molecular weight is 352 g/mol. The second kappa shape index (κ2) is 7.43. The van der Waals surface area contributed by atoms with Crippen LogP contribution < -0.4 is 5.32 Å². The molecule has 0 fully saturated rings. The minimum atomic E-state index is -1.24. The molecular weight excluding hydrogens is 338 g/mol. The van der Waals surface area contributed by atoms with Crippen molar-refractivity contribution in [3.63, 3.8) is 0 Å². The SMILES string of the molecule is Cc1cccc(C)c1NC(=O)CSc1ncc(Cl)c(C(=O)O)n1. The van der Waals surface area contributed by atoms with Gasteiger partial charge >= 0.3 is 5.97 Å². The summed E-state index contributed by atoms with van der Waals surface area (Å²) < 4.78 is 0. The lowest BCUT2D eigenvalue weighted by atomic mass is 10.1. The van der Waals surface area contributed by atoms with Gasteiger partial charge in [0.2, 0.25) is 5.91 Å². The van der Waals surface area contributed by atoms with Gasteiger partial charge in [-0.2, -0.15) is 0 Å². The predicted molar refractivity (Wildman–Crippen MR) is 89.3 cm³/mol. The van der Waals surface area contributed by atoms with Crippen molar-refractivity contribution in [1.29, 1.82) is 0 Å². The third-order valence-corrected chi connectivity index (χ3v) is 4.14. The Hall–Kier alpha value is -2.12. The lowest BCUT2D eigenvalue weighted by Crippen LogP contribution is -2.16. The van der Waals surface area contributed by atoms with Crippen molar-refractivity contribution in [2.24, 2.45) is 0 Å². The van der Waals surface area contributed by atoms with Crippen LogP contribution in [0.3, 0.4) is 0 Å². The number of halogens is 1. The van der Waals surface area contributed by atoms with Crippen LogP contribution in [-0.2, 0) is 4.79 Å². The Labute approximate surface area is 142 Å². The number of amides is 1. The van der Waals surface area contributed by atoms with Crippen molar-refractivity contribution in [3.8, 4) is 0 Å². The van der Waals surface area contributed by atoms with Gasteiger partial charge in [0.1, 0.15) is 0 Å². The molecule has 23 heavy (non-hydrogen) atoms. The number of hydrogen-bond acceptors (Lipinski definition) is 5. The van der Waals surface area contributed by atoms with E-state index in [1.165, 1.54) is 6.20 Å². The molecule has 0 spiro atoms. The van der Waals surface area contributed by atoms with Crippen molar-refractivity contribution in [1.82, 2.24) is 9.97 Å². The van der Waals surface area contributed by atoms with E-state index in [0.717, 1.165) is 28.6 Å². The van der Waals surface area contributed by atoms with Gasteiger partial charge < -0.3 is 10.4 Å². The number of aromatic nitrogens is 2. The second-order valence-electron chi connectivity index (χ2n) is 4.76. The van der Waals surface area contributed by atoms with E-state index in [1.54, 1.807) is 0 Å². The van der Waals surface area contributed by atoms with Crippen LogP contribution in [0.5, 0.6) is 0 Å². The van der Waals surface area contributed by atoms with Gasteiger partial charge in [-0.05, 0) is 25.0 Å². The zero-order chi connectivity index (χ0) is 17.0. The average Bonchev–Trinajstić information content (AvgIpc) is 2.50. The van der Waals surface area contributed by atoms with Gasteiger partial charge in [-0.1, -0.05) is 41.6 Å². The van der Waals surface area contributed by atoms with Crippen molar-refractivity contribution >= 4 is 40.9 Å². The Bertz CT molecular complexity index is 747. The first-order valence-corrected chi connectivity index (χ1v) is 7.99. The third-order valence-electron chi connectivity index (χ3n) is 3.00. The molecule has 1 aromatic heterocycles. The Morgan fingerprint density at radius 2 is 1.96 bits per heavy atom. The van der Waals surface area contributed by atoms with Gasteiger partial charge in [0.15, 0.2) is 10.9 Å². The number of aryl methyl sites for hydroxylation is 2. The molecule has 2 rings (SSSR count). The summed E-state index contributed by atoms with van der Waals surface area (Å²) in [5, 5.41) is 11.9. The van der Waals surface area contributed by atoms with E-state index in [4.69, 9.17) is 16.7 Å². The predicted octanol–water partition coefficient (Wildman–Crippen LogP) is 3.18.